The van der Waals surface area contributed by atoms with E-state index in [1.165, 1.54) is 0 Å². The molecule has 30 heavy (non-hydrogen) atoms. The van der Waals surface area contributed by atoms with Crippen LogP contribution < -0.4 is 10.5 Å². The summed E-state index contributed by atoms with van der Waals surface area (Å²) in [7, 11) is 3.97. The summed E-state index contributed by atoms with van der Waals surface area (Å²) >= 11 is 0. The van der Waals surface area contributed by atoms with Gasteiger partial charge in [-0.15, -0.1) is 0 Å². The Morgan fingerprint density at radius 1 is 1.10 bits per heavy atom. The Morgan fingerprint density at radius 3 is 2.57 bits per heavy atom. The molecular formula is C24H26N2O4. The lowest BCUT2D eigenvalue weighted by molar-refractivity contribution is 0.0504. The first-order chi connectivity index (χ1) is 14.5. The highest BCUT2D eigenvalue weighted by Crippen LogP contribution is 2.20. The molecule has 0 spiro atoms. The minimum atomic E-state index is -0.612. The Balaban J connectivity index is 1.63. The van der Waals surface area contributed by atoms with Crippen molar-refractivity contribution < 1.29 is 13.9 Å². The van der Waals surface area contributed by atoms with Gasteiger partial charge in [0.2, 0.25) is 0 Å². The second kappa shape index (κ2) is 8.71. The van der Waals surface area contributed by atoms with Crippen molar-refractivity contribution in [3.63, 3.8) is 0 Å². The van der Waals surface area contributed by atoms with Crippen LogP contribution in [0.4, 0.5) is 5.69 Å². The molecule has 1 saturated heterocycles. The van der Waals surface area contributed by atoms with Crippen molar-refractivity contribution in [1.29, 1.82) is 0 Å². The van der Waals surface area contributed by atoms with Crippen LogP contribution in [0.25, 0.3) is 11.0 Å². The third-order valence-electron chi connectivity index (χ3n) is 5.43. The summed E-state index contributed by atoms with van der Waals surface area (Å²) in [4.78, 5) is 29.6. The molecule has 1 aliphatic heterocycles. The molecule has 4 rings (SSSR count). The van der Waals surface area contributed by atoms with Crippen molar-refractivity contribution in [3.8, 4) is 0 Å². The molecule has 0 saturated carbocycles. The van der Waals surface area contributed by atoms with Crippen molar-refractivity contribution in [2.45, 2.75) is 25.5 Å². The minimum absolute atomic E-state index is 0.0116. The molecule has 0 aliphatic carbocycles. The molecule has 1 atom stereocenters. The summed E-state index contributed by atoms with van der Waals surface area (Å²) < 4.78 is 11.1. The van der Waals surface area contributed by atoms with Crippen LogP contribution in [0.5, 0.6) is 0 Å². The van der Waals surface area contributed by atoms with Crippen LogP contribution in [0.3, 0.4) is 0 Å². The number of benzene rings is 2. The molecule has 0 radical (unpaired) electrons. The predicted molar refractivity (Wildman–Crippen MR) is 117 cm³/mol. The standard InChI is InChI=1S/C24H26N2O4/c1-25(2)19-11-9-17(10-12-19)15-26(16-20-7-5-13-29-20)23(27)21-14-18-6-3-4-8-22(18)30-24(21)28/h3-4,6,8-12,14,20H,5,7,13,15-16H2,1-2H3/t20-/m0/s1. The number of fused-ring (bicyclic) bond motifs is 1. The lowest BCUT2D eigenvalue weighted by atomic mass is 10.1. The highest BCUT2D eigenvalue weighted by atomic mass is 16.5. The summed E-state index contributed by atoms with van der Waals surface area (Å²) in [6, 6.07) is 16.9. The maximum absolute atomic E-state index is 13.4. The lowest BCUT2D eigenvalue weighted by Crippen LogP contribution is -2.38. The molecular weight excluding hydrogens is 380 g/mol. The fraction of sp³-hybridized carbons (Fsp3) is 0.333. The van der Waals surface area contributed by atoms with Gasteiger partial charge in [-0.1, -0.05) is 30.3 Å². The van der Waals surface area contributed by atoms with Crippen LogP contribution in [-0.2, 0) is 11.3 Å². The van der Waals surface area contributed by atoms with E-state index >= 15 is 0 Å². The van der Waals surface area contributed by atoms with Gasteiger partial charge in [0, 0.05) is 44.9 Å². The number of hydrogen-bond donors (Lipinski definition) is 0. The van der Waals surface area contributed by atoms with E-state index in [4.69, 9.17) is 9.15 Å². The van der Waals surface area contributed by atoms with Crippen molar-refractivity contribution in [1.82, 2.24) is 4.90 Å². The highest BCUT2D eigenvalue weighted by Gasteiger charge is 2.26. The van der Waals surface area contributed by atoms with Crippen LogP contribution in [0, 0.1) is 0 Å². The zero-order valence-electron chi connectivity index (χ0n) is 17.3. The average Bonchev–Trinajstić information content (AvgIpc) is 3.26. The fourth-order valence-corrected chi connectivity index (χ4v) is 3.75. The SMILES string of the molecule is CN(C)c1ccc(CN(C[C@@H]2CCCO2)C(=O)c2cc3ccccc3oc2=O)cc1. The van der Waals surface area contributed by atoms with Crippen molar-refractivity contribution in [2.75, 3.05) is 32.1 Å². The first-order valence-corrected chi connectivity index (χ1v) is 10.2. The van der Waals surface area contributed by atoms with Crippen molar-refractivity contribution in [2.24, 2.45) is 0 Å². The number of hydrogen-bond acceptors (Lipinski definition) is 5. The largest absolute Gasteiger partial charge is 0.422 e. The van der Waals surface area contributed by atoms with E-state index in [0.29, 0.717) is 25.3 Å². The average molecular weight is 406 g/mol. The number of carbonyl (C=O) groups is 1. The molecule has 1 fully saturated rings. The Bertz CT molecular complexity index is 1080. The van der Waals surface area contributed by atoms with Crippen LogP contribution in [0.1, 0.15) is 28.8 Å². The first kappa shape index (κ1) is 20.2. The second-order valence-electron chi connectivity index (χ2n) is 7.87. The fourth-order valence-electron chi connectivity index (χ4n) is 3.75. The molecule has 6 heteroatoms. The van der Waals surface area contributed by atoms with Crippen LogP contribution in [0.2, 0.25) is 0 Å². The number of amides is 1. The van der Waals surface area contributed by atoms with E-state index in [1.54, 1.807) is 23.1 Å². The molecule has 156 valence electrons. The van der Waals surface area contributed by atoms with Crippen LogP contribution in [-0.4, -0.2) is 44.2 Å². The van der Waals surface area contributed by atoms with Gasteiger partial charge in [-0.2, -0.15) is 0 Å². The smallest absolute Gasteiger partial charge is 0.349 e. The van der Waals surface area contributed by atoms with Crippen molar-refractivity contribution in [3.05, 3.63) is 76.1 Å². The molecule has 0 N–H and O–H groups in total. The van der Waals surface area contributed by atoms with Crippen LogP contribution in [0.15, 0.2) is 63.8 Å². The Kier molecular flexibility index (Phi) is 5.86. The van der Waals surface area contributed by atoms with Crippen LogP contribution >= 0.6 is 0 Å². The number of para-hydroxylation sites is 1. The van der Waals surface area contributed by atoms with E-state index < -0.39 is 5.63 Å². The van der Waals surface area contributed by atoms with Gasteiger partial charge in [0.15, 0.2) is 0 Å². The van der Waals surface area contributed by atoms with Crippen molar-refractivity contribution >= 4 is 22.6 Å². The monoisotopic (exact) mass is 406 g/mol. The number of nitrogens with zero attached hydrogens (tertiary/aromatic N) is 2. The molecule has 3 aromatic rings. The molecule has 0 bridgehead atoms. The predicted octanol–water partition coefficient (Wildman–Crippen LogP) is 3.68. The molecule has 1 amide bonds. The molecule has 6 nitrogen and oxygen atoms in total. The zero-order valence-corrected chi connectivity index (χ0v) is 17.3. The highest BCUT2D eigenvalue weighted by molar-refractivity contribution is 5.96. The number of ether oxygens (including phenoxy) is 1. The number of carbonyl (C=O) groups excluding carboxylic acids is 1. The zero-order chi connectivity index (χ0) is 21.1. The summed E-state index contributed by atoms with van der Waals surface area (Å²) in [6.45, 7) is 1.56. The van der Waals surface area contributed by atoms with E-state index in [-0.39, 0.29) is 17.6 Å². The summed E-state index contributed by atoms with van der Waals surface area (Å²) in [6.07, 6.45) is 1.89. The van der Waals surface area contributed by atoms with E-state index in [1.807, 2.05) is 55.4 Å². The van der Waals surface area contributed by atoms with Gasteiger partial charge in [-0.3, -0.25) is 4.79 Å². The normalized spacial score (nSPS) is 16.0. The molecule has 2 heterocycles. The minimum Gasteiger partial charge on any atom is -0.422 e. The van der Waals surface area contributed by atoms with Gasteiger partial charge in [0.25, 0.3) is 5.91 Å². The molecule has 0 unspecified atom stereocenters. The van der Waals surface area contributed by atoms with Gasteiger partial charge >= 0.3 is 5.63 Å². The first-order valence-electron chi connectivity index (χ1n) is 10.2. The third-order valence-corrected chi connectivity index (χ3v) is 5.43. The number of rotatable bonds is 6. The lowest BCUT2D eigenvalue weighted by Gasteiger charge is -2.25. The summed E-state index contributed by atoms with van der Waals surface area (Å²) in [5.74, 6) is -0.332. The second-order valence-corrected chi connectivity index (χ2v) is 7.87. The van der Waals surface area contributed by atoms with Gasteiger partial charge in [-0.05, 0) is 42.7 Å². The molecule has 2 aromatic carbocycles. The van der Waals surface area contributed by atoms with Gasteiger partial charge < -0.3 is 19.0 Å². The summed E-state index contributed by atoms with van der Waals surface area (Å²) in [5, 5.41) is 0.729. The van der Waals surface area contributed by atoms with E-state index in [0.717, 1.165) is 29.5 Å². The van der Waals surface area contributed by atoms with Gasteiger partial charge in [-0.25, -0.2) is 4.79 Å². The quantitative estimate of drug-likeness (QED) is 0.585. The summed E-state index contributed by atoms with van der Waals surface area (Å²) in [5.41, 5.74) is 2.00. The maximum atomic E-state index is 13.4. The van der Waals surface area contributed by atoms with E-state index in [2.05, 4.69) is 0 Å². The Morgan fingerprint density at radius 2 is 1.87 bits per heavy atom. The third kappa shape index (κ3) is 4.39. The molecule has 1 aliphatic rings. The topological polar surface area (TPSA) is 63.0 Å². The van der Waals surface area contributed by atoms with E-state index in [9.17, 15) is 9.59 Å². The maximum Gasteiger partial charge on any atom is 0.349 e. The molecule has 1 aromatic heterocycles. The van der Waals surface area contributed by atoms with Gasteiger partial charge in [0.1, 0.15) is 11.1 Å². The van der Waals surface area contributed by atoms with Gasteiger partial charge in [0.05, 0.1) is 6.10 Å². The number of anilines is 1. The Hall–Kier alpha value is -3.12. The Labute approximate surface area is 175 Å².